The van der Waals surface area contributed by atoms with Crippen LogP contribution in [0.5, 0.6) is 0 Å². The Labute approximate surface area is 239 Å². The van der Waals surface area contributed by atoms with Gasteiger partial charge in [-0.1, -0.05) is 30.6 Å². The van der Waals surface area contributed by atoms with E-state index in [1.807, 2.05) is 6.08 Å². The molecule has 1 aromatic carbocycles. The second kappa shape index (κ2) is 11.3. The number of nitrogens with zero attached hydrogens (tertiary/aromatic N) is 1. The van der Waals surface area contributed by atoms with E-state index >= 15 is 0 Å². The average molecular weight is 542 g/mol. The third kappa shape index (κ3) is 4.78. The average Bonchev–Trinajstić information content (AvgIpc) is 3.61. The van der Waals surface area contributed by atoms with Crippen LogP contribution in [0.1, 0.15) is 76.2 Å². The number of aliphatic hydroxyl groups excluding tert-OH is 1. The van der Waals surface area contributed by atoms with Crippen molar-refractivity contribution < 1.29 is 19.4 Å². The maximum atomic E-state index is 13.4. The number of ketones is 2. The quantitative estimate of drug-likeness (QED) is 0.473. The molecule has 0 bridgehead atoms. The predicted octanol–water partition coefficient (Wildman–Crippen LogP) is 5.63. The van der Waals surface area contributed by atoms with Crippen LogP contribution in [0.15, 0.2) is 47.1 Å². The Balaban J connectivity index is 1.45. The highest BCUT2D eigenvalue weighted by Gasteiger charge is 2.58. The van der Waals surface area contributed by atoms with Crippen LogP contribution in [0.25, 0.3) is 0 Å². The number of hydrogen-bond donors (Lipinski definition) is 1. The molecule has 2 saturated carbocycles. The number of ether oxygens (including phenoxy) is 1. The Kier molecular flexibility index (Phi) is 7.77. The van der Waals surface area contributed by atoms with Gasteiger partial charge in [0.15, 0.2) is 11.6 Å². The molecule has 0 radical (unpaired) electrons. The van der Waals surface area contributed by atoms with E-state index in [4.69, 9.17) is 4.74 Å². The number of carbonyl (C=O) groups is 2. The summed E-state index contributed by atoms with van der Waals surface area (Å²) >= 11 is 0. The van der Waals surface area contributed by atoms with Gasteiger partial charge in [-0.2, -0.15) is 0 Å². The molecule has 5 nitrogen and oxygen atoms in total. The molecule has 1 heterocycles. The molecule has 5 aliphatic rings. The highest BCUT2D eigenvalue weighted by atomic mass is 16.5. The fourth-order valence-electron chi connectivity index (χ4n) is 9.21. The third-order valence-corrected chi connectivity index (χ3v) is 10.9. The van der Waals surface area contributed by atoms with E-state index in [9.17, 15) is 14.7 Å². The maximum Gasteiger partial charge on any atom is 0.162 e. The predicted molar refractivity (Wildman–Crippen MR) is 157 cm³/mol. The van der Waals surface area contributed by atoms with Crippen molar-refractivity contribution in [2.75, 3.05) is 38.3 Å². The summed E-state index contributed by atoms with van der Waals surface area (Å²) in [4.78, 5) is 28.5. The highest BCUT2D eigenvalue weighted by molar-refractivity contribution is 5.93. The second-order valence-corrected chi connectivity index (χ2v) is 12.9. The van der Waals surface area contributed by atoms with Crippen molar-refractivity contribution in [3.8, 4) is 11.8 Å². The van der Waals surface area contributed by atoms with Crippen molar-refractivity contribution in [3.63, 3.8) is 0 Å². The minimum absolute atomic E-state index is 0.0212. The van der Waals surface area contributed by atoms with Gasteiger partial charge in [-0.05, 0) is 103 Å². The number of anilines is 1. The molecule has 0 spiro atoms. The van der Waals surface area contributed by atoms with Gasteiger partial charge in [0, 0.05) is 50.6 Å². The van der Waals surface area contributed by atoms with Crippen molar-refractivity contribution in [3.05, 3.63) is 52.6 Å². The lowest BCUT2D eigenvalue weighted by Crippen LogP contribution is -2.46. The number of methoxy groups -OCH3 is 1. The zero-order valence-corrected chi connectivity index (χ0v) is 24.1. The molecule has 3 fully saturated rings. The summed E-state index contributed by atoms with van der Waals surface area (Å²) in [5.74, 6) is 7.77. The first-order valence-corrected chi connectivity index (χ1v) is 15.4. The first-order chi connectivity index (χ1) is 19.4. The molecule has 212 valence electrons. The topological polar surface area (TPSA) is 66.8 Å². The molecule has 1 saturated heterocycles. The molecule has 1 unspecified atom stereocenters. The fraction of sp³-hybridized carbons (Fsp3) is 0.600. The van der Waals surface area contributed by atoms with E-state index in [0.29, 0.717) is 24.7 Å². The fourth-order valence-corrected chi connectivity index (χ4v) is 9.21. The molecule has 0 amide bonds. The van der Waals surface area contributed by atoms with Crippen LogP contribution < -0.4 is 4.90 Å². The summed E-state index contributed by atoms with van der Waals surface area (Å²) < 4.78 is 5.33. The van der Waals surface area contributed by atoms with Crippen molar-refractivity contribution in [2.45, 2.75) is 70.6 Å². The number of rotatable bonds is 6. The van der Waals surface area contributed by atoms with Gasteiger partial charge < -0.3 is 14.7 Å². The molecule has 5 heteroatoms. The van der Waals surface area contributed by atoms with Gasteiger partial charge in [0.1, 0.15) is 13.2 Å². The molecule has 1 aromatic rings. The molecule has 4 aliphatic carbocycles. The van der Waals surface area contributed by atoms with Crippen LogP contribution in [-0.2, 0) is 14.3 Å². The highest BCUT2D eigenvalue weighted by Crippen LogP contribution is 2.66. The molecular weight excluding hydrogens is 498 g/mol. The summed E-state index contributed by atoms with van der Waals surface area (Å²) in [5.41, 5.74) is 6.70. The number of allylic oxidation sites excluding steroid dienone is 4. The smallest absolute Gasteiger partial charge is 0.162 e. The monoisotopic (exact) mass is 541 g/mol. The van der Waals surface area contributed by atoms with Gasteiger partial charge in [-0.15, -0.1) is 5.92 Å². The molecule has 6 rings (SSSR count). The second-order valence-electron chi connectivity index (χ2n) is 12.9. The van der Waals surface area contributed by atoms with Crippen LogP contribution >= 0.6 is 0 Å². The largest absolute Gasteiger partial charge is 0.384 e. The molecule has 40 heavy (non-hydrogen) atoms. The lowest BCUT2D eigenvalue weighted by molar-refractivity contribution is -0.131. The summed E-state index contributed by atoms with van der Waals surface area (Å²) in [5, 5.41) is 9.29. The van der Waals surface area contributed by atoms with Crippen LogP contribution in [-0.4, -0.2) is 50.1 Å². The van der Waals surface area contributed by atoms with Gasteiger partial charge >= 0.3 is 0 Å². The number of Topliss-reactive ketones (excluding diaryl/α,β-unsaturated/α-hetero) is 1. The summed E-state index contributed by atoms with van der Waals surface area (Å²) in [6, 6.07) is 9.27. The zero-order chi connectivity index (χ0) is 27.9. The van der Waals surface area contributed by atoms with E-state index in [-0.39, 0.29) is 47.9 Å². The van der Waals surface area contributed by atoms with Gasteiger partial charge in [0.25, 0.3) is 0 Å². The van der Waals surface area contributed by atoms with E-state index in [1.165, 1.54) is 35.2 Å². The van der Waals surface area contributed by atoms with Crippen molar-refractivity contribution in [1.29, 1.82) is 0 Å². The molecule has 1 aliphatic heterocycles. The Morgan fingerprint density at radius 2 is 1.90 bits per heavy atom. The van der Waals surface area contributed by atoms with Crippen LogP contribution in [0.2, 0.25) is 0 Å². The van der Waals surface area contributed by atoms with Gasteiger partial charge in [-0.3, -0.25) is 9.59 Å². The Morgan fingerprint density at radius 3 is 2.62 bits per heavy atom. The molecule has 0 aromatic heterocycles. The Bertz CT molecular complexity index is 1270. The van der Waals surface area contributed by atoms with Crippen LogP contribution in [0.3, 0.4) is 0 Å². The lowest BCUT2D eigenvalue weighted by Gasteiger charge is -2.53. The first-order valence-electron chi connectivity index (χ1n) is 15.4. The number of aliphatic hydroxyl groups is 1. The van der Waals surface area contributed by atoms with E-state index in [1.54, 1.807) is 12.7 Å². The summed E-state index contributed by atoms with van der Waals surface area (Å²) in [6.45, 7) is 4.70. The van der Waals surface area contributed by atoms with E-state index in [2.05, 4.69) is 47.9 Å². The molecule has 6 atom stereocenters. The van der Waals surface area contributed by atoms with Crippen LogP contribution in [0.4, 0.5) is 5.69 Å². The van der Waals surface area contributed by atoms with E-state index in [0.717, 1.165) is 45.2 Å². The summed E-state index contributed by atoms with van der Waals surface area (Å²) in [6.07, 6.45) is 10.4. The number of benzene rings is 1. The minimum Gasteiger partial charge on any atom is -0.384 e. The number of carbonyl (C=O) groups excluding carboxylic acids is 2. The lowest BCUT2D eigenvalue weighted by atomic mass is 9.50. The SMILES string of the molecule is COCC(=O)[C@H]1CC[C@H]2[C@@H]3CC(CC#CCO)C4=CC(=O)CCC4=C3[C@@H](c3ccc(N4CCCC4)cc3)C[C@]12C. The molecular formula is C35H43NO4. The van der Waals surface area contributed by atoms with E-state index < -0.39 is 0 Å². The summed E-state index contributed by atoms with van der Waals surface area (Å²) in [7, 11) is 1.62. The van der Waals surface area contributed by atoms with Crippen LogP contribution in [0, 0.1) is 40.9 Å². The van der Waals surface area contributed by atoms with Gasteiger partial charge in [0.2, 0.25) is 0 Å². The Hall–Kier alpha value is -2.68. The normalized spacial score (nSPS) is 33.1. The standard InChI is InChI=1S/C35H43NO4/c1-35-21-30(23-8-10-25(11-9-23)36-16-4-5-17-36)34-27-13-12-26(38)20-28(27)24(7-3-6-18-37)19-29(34)31(35)14-15-32(35)33(39)22-40-2/h8-11,20,24,29-32,37H,4-5,7,12-19,21-22H2,1-2H3/t24?,29-,30+,31-,32+,35-/m0/s1. The van der Waals surface area contributed by atoms with Crippen molar-refractivity contribution in [2.24, 2.45) is 29.1 Å². The number of fused-ring (bicyclic) bond motifs is 4. The Morgan fingerprint density at radius 1 is 1.12 bits per heavy atom. The third-order valence-electron chi connectivity index (χ3n) is 10.9. The molecule has 1 N–H and O–H groups in total. The van der Waals surface area contributed by atoms with Crippen molar-refractivity contribution >= 4 is 17.3 Å². The van der Waals surface area contributed by atoms with Crippen molar-refractivity contribution in [1.82, 2.24) is 0 Å². The van der Waals surface area contributed by atoms with Gasteiger partial charge in [0.05, 0.1) is 0 Å². The maximum absolute atomic E-state index is 13.4. The zero-order valence-electron chi connectivity index (χ0n) is 24.1. The minimum atomic E-state index is -0.137. The van der Waals surface area contributed by atoms with Gasteiger partial charge in [-0.25, -0.2) is 0 Å². The number of hydrogen-bond acceptors (Lipinski definition) is 5. The first kappa shape index (κ1) is 27.5.